The van der Waals surface area contributed by atoms with Gasteiger partial charge >= 0.3 is 0 Å². The number of benzene rings is 2. The number of thioether (sulfide) groups is 1. The number of hydrogen-bond acceptors (Lipinski definition) is 6. The van der Waals surface area contributed by atoms with Crippen LogP contribution in [0.5, 0.6) is 5.75 Å². The van der Waals surface area contributed by atoms with Crippen LogP contribution in [0.3, 0.4) is 0 Å². The molecule has 0 bridgehead atoms. The molecule has 0 unspecified atom stereocenters. The molecule has 34 heavy (non-hydrogen) atoms. The number of aliphatic hydroxyl groups excluding tert-OH is 2. The Kier molecular flexibility index (Phi) is 8.84. The van der Waals surface area contributed by atoms with Crippen molar-refractivity contribution in [1.82, 2.24) is 9.88 Å². The maximum Gasteiger partial charge on any atom is 0.119 e. The van der Waals surface area contributed by atoms with Gasteiger partial charge in [0.15, 0.2) is 0 Å². The van der Waals surface area contributed by atoms with Gasteiger partial charge in [0.05, 0.1) is 18.7 Å². The van der Waals surface area contributed by atoms with Crippen molar-refractivity contribution >= 4 is 22.7 Å². The predicted octanol–water partition coefficient (Wildman–Crippen LogP) is 5.09. The van der Waals surface area contributed by atoms with Crippen molar-refractivity contribution in [2.75, 3.05) is 39.1 Å². The van der Waals surface area contributed by atoms with Crippen LogP contribution < -0.4 is 4.74 Å². The standard InChI is InChI=1S/C28H36N2O3S/c1-20-4-3-5-24(16-20)34-15-14-30-13-11-21(22(18-30)19-31)6-9-28(32)25-10-12-29-27-8-7-23(33-2)17-26(25)27/h3-5,7-8,10,12,16-17,21-22,28,31-32H,6,9,11,13-15,18-19H2,1-2H3/t21-,22-,28+/m1/s1. The molecular formula is C28H36N2O3S. The van der Waals surface area contributed by atoms with E-state index in [9.17, 15) is 10.2 Å². The quantitative estimate of drug-likeness (QED) is 0.394. The maximum atomic E-state index is 11.0. The van der Waals surface area contributed by atoms with E-state index in [-0.39, 0.29) is 12.5 Å². The number of fused-ring (bicyclic) bond motifs is 1. The molecule has 0 saturated carbocycles. The molecule has 2 aromatic carbocycles. The van der Waals surface area contributed by atoms with Gasteiger partial charge in [-0.05, 0) is 86.5 Å². The van der Waals surface area contributed by atoms with Gasteiger partial charge < -0.3 is 19.8 Å². The number of ether oxygens (including phenoxy) is 1. The molecule has 2 heterocycles. The molecule has 0 spiro atoms. The smallest absolute Gasteiger partial charge is 0.119 e. The van der Waals surface area contributed by atoms with E-state index in [1.54, 1.807) is 13.3 Å². The maximum absolute atomic E-state index is 11.0. The summed E-state index contributed by atoms with van der Waals surface area (Å²) in [6, 6.07) is 16.3. The van der Waals surface area contributed by atoms with E-state index < -0.39 is 6.10 Å². The summed E-state index contributed by atoms with van der Waals surface area (Å²) in [5.74, 6) is 2.52. The third kappa shape index (κ3) is 6.30. The fraction of sp³-hybridized carbons (Fsp3) is 0.464. The fourth-order valence-corrected chi connectivity index (χ4v) is 6.06. The Morgan fingerprint density at radius 2 is 2.06 bits per heavy atom. The molecule has 5 nitrogen and oxygen atoms in total. The zero-order valence-corrected chi connectivity index (χ0v) is 21.0. The number of methoxy groups -OCH3 is 1. The number of nitrogens with zero attached hydrogens (tertiary/aromatic N) is 2. The van der Waals surface area contributed by atoms with Gasteiger partial charge in [0.2, 0.25) is 0 Å². The number of aromatic nitrogens is 1. The van der Waals surface area contributed by atoms with E-state index in [4.69, 9.17) is 4.74 Å². The van der Waals surface area contributed by atoms with E-state index in [0.717, 1.165) is 60.4 Å². The molecular weight excluding hydrogens is 444 g/mol. The first-order valence-electron chi connectivity index (χ1n) is 12.2. The highest BCUT2D eigenvalue weighted by Crippen LogP contribution is 2.33. The summed E-state index contributed by atoms with van der Waals surface area (Å²) in [6.45, 7) is 5.36. The summed E-state index contributed by atoms with van der Waals surface area (Å²) in [5, 5.41) is 22.0. The normalized spacial score (nSPS) is 19.9. The highest BCUT2D eigenvalue weighted by atomic mass is 32.2. The number of piperidine rings is 1. The zero-order chi connectivity index (χ0) is 23.9. The van der Waals surface area contributed by atoms with Crippen LogP contribution in [-0.4, -0.2) is 59.2 Å². The first kappa shape index (κ1) is 25.0. The molecule has 0 amide bonds. The molecule has 0 radical (unpaired) electrons. The molecule has 1 fully saturated rings. The summed E-state index contributed by atoms with van der Waals surface area (Å²) in [7, 11) is 1.65. The van der Waals surface area contributed by atoms with Crippen LogP contribution in [0.1, 0.15) is 36.5 Å². The van der Waals surface area contributed by atoms with Gasteiger partial charge in [-0.2, -0.15) is 0 Å². The van der Waals surface area contributed by atoms with E-state index in [0.29, 0.717) is 12.3 Å². The van der Waals surface area contributed by atoms with Crippen LogP contribution in [0.2, 0.25) is 0 Å². The van der Waals surface area contributed by atoms with Crippen molar-refractivity contribution in [2.45, 2.75) is 37.2 Å². The van der Waals surface area contributed by atoms with Crippen LogP contribution in [0.15, 0.2) is 59.6 Å². The highest BCUT2D eigenvalue weighted by Gasteiger charge is 2.29. The van der Waals surface area contributed by atoms with E-state index in [2.05, 4.69) is 41.1 Å². The van der Waals surface area contributed by atoms with Crippen molar-refractivity contribution in [2.24, 2.45) is 11.8 Å². The monoisotopic (exact) mass is 480 g/mol. The number of likely N-dealkylation sites (tertiary alicyclic amines) is 1. The first-order chi connectivity index (χ1) is 16.6. The molecule has 2 N–H and O–H groups in total. The Balaban J connectivity index is 1.29. The molecule has 1 aliphatic rings. The number of rotatable bonds is 10. The minimum absolute atomic E-state index is 0.206. The molecule has 3 atom stereocenters. The largest absolute Gasteiger partial charge is 0.497 e. The number of aryl methyl sites for hydroxylation is 1. The molecule has 4 rings (SSSR count). The van der Waals surface area contributed by atoms with E-state index in [1.165, 1.54) is 10.5 Å². The SMILES string of the molecule is COc1ccc2nccc([C@@H](O)CC[C@@H]3CCN(CCSc4cccc(C)c4)C[C@@H]3CO)c2c1. The van der Waals surface area contributed by atoms with E-state index in [1.807, 2.05) is 36.0 Å². The van der Waals surface area contributed by atoms with Crippen LogP contribution in [-0.2, 0) is 0 Å². The summed E-state index contributed by atoms with van der Waals surface area (Å²) >= 11 is 1.90. The number of aliphatic hydroxyl groups is 2. The lowest BCUT2D eigenvalue weighted by molar-refractivity contribution is 0.0608. The van der Waals surface area contributed by atoms with Gasteiger partial charge in [-0.1, -0.05) is 17.7 Å². The molecule has 3 aromatic rings. The average molecular weight is 481 g/mol. The van der Waals surface area contributed by atoms with Gasteiger partial charge in [-0.25, -0.2) is 0 Å². The lowest BCUT2D eigenvalue weighted by Crippen LogP contribution is -2.43. The lowest BCUT2D eigenvalue weighted by atomic mass is 9.81. The number of hydrogen-bond donors (Lipinski definition) is 2. The van der Waals surface area contributed by atoms with Gasteiger partial charge in [-0.3, -0.25) is 4.98 Å². The van der Waals surface area contributed by atoms with Crippen LogP contribution in [0.25, 0.3) is 10.9 Å². The van der Waals surface area contributed by atoms with Crippen molar-refractivity contribution < 1.29 is 14.9 Å². The van der Waals surface area contributed by atoms with Gasteiger partial charge in [0.25, 0.3) is 0 Å². The second kappa shape index (κ2) is 12.0. The summed E-state index contributed by atoms with van der Waals surface area (Å²) < 4.78 is 5.37. The Morgan fingerprint density at radius 1 is 1.18 bits per heavy atom. The van der Waals surface area contributed by atoms with E-state index >= 15 is 0 Å². The second-order valence-corrected chi connectivity index (χ2v) is 10.5. The van der Waals surface area contributed by atoms with Gasteiger partial charge in [0, 0.05) is 41.9 Å². The van der Waals surface area contributed by atoms with Crippen molar-refractivity contribution in [1.29, 1.82) is 0 Å². The third-order valence-corrected chi connectivity index (χ3v) is 8.00. The van der Waals surface area contributed by atoms with Crippen LogP contribution >= 0.6 is 11.8 Å². The molecule has 1 saturated heterocycles. The second-order valence-electron chi connectivity index (χ2n) is 9.33. The Labute approximate surface area is 207 Å². The van der Waals surface area contributed by atoms with Crippen LogP contribution in [0.4, 0.5) is 0 Å². The molecule has 182 valence electrons. The molecule has 6 heteroatoms. The topological polar surface area (TPSA) is 65.8 Å². The fourth-order valence-electron chi connectivity index (χ4n) is 5.04. The Hall–Kier alpha value is -2.12. The van der Waals surface area contributed by atoms with Crippen molar-refractivity contribution in [3.8, 4) is 5.75 Å². The highest BCUT2D eigenvalue weighted by molar-refractivity contribution is 7.99. The van der Waals surface area contributed by atoms with Gasteiger partial charge in [0.1, 0.15) is 5.75 Å². The van der Waals surface area contributed by atoms with Gasteiger partial charge in [-0.15, -0.1) is 11.8 Å². The molecule has 1 aromatic heterocycles. The third-order valence-electron chi connectivity index (χ3n) is 7.03. The predicted molar refractivity (Wildman–Crippen MR) is 140 cm³/mol. The summed E-state index contributed by atoms with van der Waals surface area (Å²) in [5.41, 5.74) is 3.06. The van der Waals surface area contributed by atoms with Crippen molar-refractivity contribution in [3.63, 3.8) is 0 Å². The minimum Gasteiger partial charge on any atom is -0.497 e. The zero-order valence-electron chi connectivity index (χ0n) is 20.2. The summed E-state index contributed by atoms with van der Waals surface area (Å²) in [6.07, 6.45) is 3.86. The molecule has 1 aliphatic heterocycles. The lowest BCUT2D eigenvalue weighted by Gasteiger charge is -2.38. The Bertz CT molecular complexity index is 1080. The minimum atomic E-state index is -0.555. The Morgan fingerprint density at radius 3 is 2.85 bits per heavy atom. The summed E-state index contributed by atoms with van der Waals surface area (Å²) in [4.78, 5) is 8.23. The van der Waals surface area contributed by atoms with Crippen molar-refractivity contribution in [3.05, 3.63) is 65.9 Å². The molecule has 0 aliphatic carbocycles. The first-order valence-corrected chi connectivity index (χ1v) is 13.2. The van der Waals surface area contributed by atoms with Crippen LogP contribution in [0, 0.1) is 18.8 Å². The number of pyridine rings is 1. The average Bonchev–Trinajstić information content (AvgIpc) is 2.87.